The third-order valence-electron chi connectivity index (χ3n) is 3.58. The first-order valence-electron chi connectivity index (χ1n) is 7.37. The van der Waals surface area contributed by atoms with Crippen LogP contribution in [0.4, 0.5) is 10.5 Å². The number of hydrogen-bond donors (Lipinski definition) is 2. The Bertz CT molecular complexity index is 770. The standard InChI is InChI=1S/C16H17N3O3S/c1-3-13-14(23-9(2)18-13)7-17-16(21)19-11-5-4-10-8-22-15(20)12(10)6-11/h4-6H,3,7-8H2,1-2H3,(H2,17,19,21). The monoisotopic (exact) mass is 331 g/mol. The van der Waals surface area contributed by atoms with Gasteiger partial charge in [-0.15, -0.1) is 11.3 Å². The molecule has 0 saturated carbocycles. The van der Waals surface area contributed by atoms with Gasteiger partial charge in [-0.3, -0.25) is 0 Å². The number of urea groups is 1. The highest BCUT2D eigenvalue weighted by atomic mass is 32.1. The fourth-order valence-corrected chi connectivity index (χ4v) is 3.42. The van der Waals surface area contributed by atoms with E-state index < -0.39 is 0 Å². The van der Waals surface area contributed by atoms with Crippen LogP contribution in [0.25, 0.3) is 0 Å². The summed E-state index contributed by atoms with van der Waals surface area (Å²) in [4.78, 5) is 29.1. The zero-order chi connectivity index (χ0) is 16.4. The number of benzene rings is 1. The molecule has 1 aliphatic heterocycles. The molecule has 2 amide bonds. The van der Waals surface area contributed by atoms with Crippen LogP contribution in [0.2, 0.25) is 0 Å². The van der Waals surface area contributed by atoms with Crippen LogP contribution in [0.5, 0.6) is 0 Å². The summed E-state index contributed by atoms with van der Waals surface area (Å²) in [6.45, 7) is 4.73. The van der Waals surface area contributed by atoms with Crippen molar-refractivity contribution in [3.8, 4) is 0 Å². The number of anilines is 1. The van der Waals surface area contributed by atoms with Gasteiger partial charge < -0.3 is 15.4 Å². The van der Waals surface area contributed by atoms with Gasteiger partial charge in [0, 0.05) is 16.1 Å². The van der Waals surface area contributed by atoms with E-state index in [1.165, 1.54) is 0 Å². The summed E-state index contributed by atoms with van der Waals surface area (Å²) in [6, 6.07) is 4.87. The lowest BCUT2D eigenvalue weighted by Crippen LogP contribution is -2.28. The largest absolute Gasteiger partial charge is 0.457 e. The van der Waals surface area contributed by atoms with Crippen molar-refractivity contribution in [2.75, 3.05) is 5.32 Å². The Morgan fingerprint density at radius 1 is 1.43 bits per heavy atom. The van der Waals surface area contributed by atoms with Crippen molar-refractivity contribution < 1.29 is 14.3 Å². The van der Waals surface area contributed by atoms with Crippen LogP contribution >= 0.6 is 11.3 Å². The molecule has 0 aliphatic carbocycles. The number of rotatable bonds is 4. The number of thiazole rings is 1. The van der Waals surface area contributed by atoms with Crippen LogP contribution in [-0.4, -0.2) is 17.0 Å². The predicted octanol–water partition coefficient (Wildman–Crippen LogP) is 3.01. The molecule has 0 radical (unpaired) electrons. The Kier molecular flexibility index (Phi) is 4.29. The van der Waals surface area contributed by atoms with Gasteiger partial charge in [-0.1, -0.05) is 13.0 Å². The quantitative estimate of drug-likeness (QED) is 0.844. The van der Waals surface area contributed by atoms with E-state index in [4.69, 9.17) is 4.74 Å². The fourth-order valence-electron chi connectivity index (χ4n) is 2.45. The van der Waals surface area contributed by atoms with Crippen LogP contribution in [0.15, 0.2) is 18.2 Å². The average Bonchev–Trinajstić information content (AvgIpc) is 3.08. The van der Waals surface area contributed by atoms with Gasteiger partial charge in [0.25, 0.3) is 0 Å². The number of esters is 1. The van der Waals surface area contributed by atoms with Crippen LogP contribution in [0.1, 0.15) is 38.4 Å². The summed E-state index contributed by atoms with van der Waals surface area (Å²) in [5.41, 5.74) is 2.94. The molecule has 120 valence electrons. The predicted molar refractivity (Wildman–Crippen MR) is 87.6 cm³/mol. The smallest absolute Gasteiger partial charge is 0.338 e. The van der Waals surface area contributed by atoms with Gasteiger partial charge in [-0.05, 0) is 25.5 Å². The number of aryl methyl sites for hydroxylation is 2. The van der Waals surface area contributed by atoms with Crippen LogP contribution in [0, 0.1) is 6.92 Å². The minimum absolute atomic E-state index is 0.297. The maximum Gasteiger partial charge on any atom is 0.338 e. The molecule has 0 bridgehead atoms. The van der Waals surface area contributed by atoms with Gasteiger partial charge >= 0.3 is 12.0 Å². The highest BCUT2D eigenvalue weighted by Gasteiger charge is 2.21. The molecule has 2 heterocycles. The first-order valence-corrected chi connectivity index (χ1v) is 8.18. The number of fused-ring (bicyclic) bond motifs is 1. The Balaban J connectivity index is 1.61. The van der Waals surface area contributed by atoms with Gasteiger partial charge in [-0.2, -0.15) is 0 Å². The Morgan fingerprint density at radius 2 is 2.26 bits per heavy atom. The van der Waals surface area contributed by atoms with E-state index >= 15 is 0 Å². The number of amides is 2. The van der Waals surface area contributed by atoms with Gasteiger partial charge in [0.15, 0.2) is 0 Å². The highest BCUT2D eigenvalue weighted by molar-refractivity contribution is 7.11. The summed E-state index contributed by atoms with van der Waals surface area (Å²) in [5.74, 6) is -0.350. The molecule has 0 spiro atoms. The number of cyclic esters (lactones) is 1. The van der Waals surface area contributed by atoms with E-state index in [1.807, 2.05) is 13.8 Å². The van der Waals surface area contributed by atoms with E-state index in [2.05, 4.69) is 15.6 Å². The summed E-state index contributed by atoms with van der Waals surface area (Å²) in [6.07, 6.45) is 0.843. The number of nitrogens with one attached hydrogen (secondary N) is 2. The first kappa shape index (κ1) is 15.5. The normalized spacial score (nSPS) is 12.7. The summed E-state index contributed by atoms with van der Waals surface area (Å²) in [5, 5.41) is 6.55. The second-order valence-corrected chi connectivity index (χ2v) is 6.50. The lowest BCUT2D eigenvalue weighted by atomic mass is 10.1. The Morgan fingerprint density at radius 3 is 3.04 bits per heavy atom. The molecule has 0 unspecified atom stereocenters. The van der Waals surface area contributed by atoms with Crippen molar-refractivity contribution in [3.05, 3.63) is 44.9 Å². The van der Waals surface area contributed by atoms with Crippen molar-refractivity contribution in [2.45, 2.75) is 33.4 Å². The van der Waals surface area contributed by atoms with Crippen molar-refractivity contribution >= 4 is 29.0 Å². The van der Waals surface area contributed by atoms with Crippen LogP contribution in [0.3, 0.4) is 0 Å². The molecule has 1 aromatic heterocycles. The lowest BCUT2D eigenvalue weighted by molar-refractivity contribution is 0.0535. The SMILES string of the molecule is CCc1nc(C)sc1CNC(=O)Nc1ccc2c(c1)C(=O)OC2. The van der Waals surface area contributed by atoms with E-state index in [1.54, 1.807) is 29.5 Å². The van der Waals surface area contributed by atoms with E-state index in [0.717, 1.165) is 27.6 Å². The Labute approximate surface area is 137 Å². The second-order valence-electron chi connectivity index (χ2n) is 5.21. The maximum atomic E-state index is 12.0. The molecule has 3 rings (SSSR count). The number of carbonyl (C=O) groups excluding carboxylic acids is 2. The van der Waals surface area contributed by atoms with E-state index in [-0.39, 0.29) is 12.0 Å². The third-order valence-corrected chi connectivity index (χ3v) is 4.59. The first-order chi connectivity index (χ1) is 11.1. The average molecular weight is 331 g/mol. The topological polar surface area (TPSA) is 80.3 Å². The van der Waals surface area contributed by atoms with Crippen LogP contribution in [-0.2, 0) is 24.3 Å². The summed E-state index contributed by atoms with van der Waals surface area (Å²) < 4.78 is 4.94. The van der Waals surface area contributed by atoms with Gasteiger partial charge in [0.2, 0.25) is 0 Å². The molecule has 0 fully saturated rings. The van der Waals surface area contributed by atoms with Gasteiger partial charge in [0.1, 0.15) is 6.61 Å². The molecule has 2 aromatic rings. The van der Waals surface area contributed by atoms with E-state index in [0.29, 0.717) is 24.4 Å². The Hall–Kier alpha value is -2.41. The van der Waals surface area contributed by atoms with Crippen molar-refractivity contribution in [1.82, 2.24) is 10.3 Å². The van der Waals surface area contributed by atoms with Crippen molar-refractivity contribution in [3.63, 3.8) is 0 Å². The van der Waals surface area contributed by atoms with Gasteiger partial charge in [-0.25, -0.2) is 14.6 Å². The summed E-state index contributed by atoms with van der Waals surface area (Å²) in [7, 11) is 0. The molecule has 7 heteroatoms. The molecule has 1 aromatic carbocycles. The van der Waals surface area contributed by atoms with Gasteiger partial charge in [0.05, 0.1) is 22.8 Å². The highest BCUT2D eigenvalue weighted by Crippen LogP contribution is 2.23. The molecule has 23 heavy (non-hydrogen) atoms. The number of nitrogens with zero attached hydrogens (tertiary/aromatic N) is 1. The molecule has 0 saturated heterocycles. The zero-order valence-electron chi connectivity index (χ0n) is 12.9. The molecular formula is C16H17N3O3S. The molecular weight excluding hydrogens is 314 g/mol. The number of aromatic nitrogens is 1. The fraction of sp³-hybridized carbons (Fsp3) is 0.312. The zero-order valence-corrected chi connectivity index (χ0v) is 13.8. The number of ether oxygens (including phenoxy) is 1. The minimum Gasteiger partial charge on any atom is -0.457 e. The molecule has 6 nitrogen and oxygen atoms in total. The number of hydrogen-bond acceptors (Lipinski definition) is 5. The molecule has 0 atom stereocenters. The second kappa shape index (κ2) is 6.37. The molecule has 2 N–H and O–H groups in total. The van der Waals surface area contributed by atoms with E-state index in [9.17, 15) is 9.59 Å². The third kappa shape index (κ3) is 3.34. The summed E-state index contributed by atoms with van der Waals surface area (Å²) >= 11 is 1.59. The van der Waals surface area contributed by atoms with Crippen molar-refractivity contribution in [1.29, 1.82) is 0 Å². The maximum absolute atomic E-state index is 12.0. The number of carbonyl (C=O) groups is 2. The minimum atomic E-state index is -0.350. The molecule has 1 aliphatic rings. The van der Waals surface area contributed by atoms with Crippen LogP contribution < -0.4 is 10.6 Å². The van der Waals surface area contributed by atoms with Crippen molar-refractivity contribution in [2.24, 2.45) is 0 Å². The lowest BCUT2D eigenvalue weighted by Gasteiger charge is -2.08.